The van der Waals surface area contributed by atoms with Crippen LogP contribution >= 0.6 is 0 Å². The number of hydrogen-bond donors (Lipinski definition) is 2. The summed E-state index contributed by atoms with van der Waals surface area (Å²) in [5.74, 6) is 0.839. The maximum absolute atomic E-state index is 5.88. The van der Waals surface area contributed by atoms with Crippen LogP contribution in [0.15, 0.2) is 24.5 Å². The Kier molecular flexibility index (Phi) is 3.27. The van der Waals surface area contributed by atoms with Gasteiger partial charge in [-0.1, -0.05) is 6.07 Å². The number of nitrogen functional groups attached to an aromatic ring is 1. The van der Waals surface area contributed by atoms with E-state index in [2.05, 4.69) is 15.4 Å². The first-order valence-corrected chi connectivity index (χ1v) is 5.59. The summed E-state index contributed by atoms with van der Waals surface area (Å²) in [5, 5.41) is 7.51. The molecule has 0 atom stereocenters. The summed E-state index contributed by atoms with van der Waals surface area (Å²) in [4.78, 5) is 4.17. The Morgan fingerprint density at radius 2 is 2.24 bits per heavy atom. The van der Waals surface area contributed by atoms with E-state index in [1.807, 2.05) is 32.2 Å². The van der Waals surface area contributed by atoms with Crippen LogP contribution in [0.2, 0.25) is 0 Å². The Hall–Kier alpha value is -2.04. The molecule has 1 aromatic carbocycles. The van der Waals surface area contributed by atoms with E-state index in [1.54, 1.807) is 11.0 Å². The third-order valence-electron chi connectivity index (χ3n) is 2.52. The van der Waals surface area contributed by atoms with E-state index in [1.165, 1.54) is 5.56 Å². The molecule has 0 unspecified atom stereocenters. The van der Waals surface area contributed by atoms with Gasteiger partial charge < -0.3 is 11.1 Å². The highest BCUT2D eigenvalue weighted by Crippen LogP contribution is 2.19. The molecule has 0 saturated heterocycles. The molecule has 17 heavy (non-hydrogen) atoms. The maximum Gasteiger partial charge on any atom is 0.152 e. The van der Waals surface area contributed by atoms with E-state index in [-0.39, 0.29) is 0 Å². The number of nitrogens with one attached hydrogen (secondary N) is 1. The number of nitrogens with zero attached hydrogens (tertiary/aromatic N) is 3. The minimum atomic E-state index is 0.768. The lowest BCUT2D eigenvalue weighted by molar-refractivity contribution is 0.742. The molecule has 0 bridgehead atoms. The van der Waals surface area contributed by atoms with Crippen molar-refractivity contribution in [1.82, 2.24) is 14.8 Å². The third-order valence-corrected chi connectivity index (χ3v) is 2.52. The van der Waals surface area contributed by atoms with Crippen LogP contribution in [0.3, 0.4) is 0 Å². The molecular formula is C12H17N5. The third kappa shape index (κ3) is 2.96. The quantitative estimate of drug-likeness (QED) is 0.780. The average Bonchev–Trinajstić information content (AvgIpc) is 2.69. The molecule has 0 fully saturated rings. The molecule has 0 amide bonds. The van der Waals surface area contributed by atoms with Gasteiger partial charge >= 0.3 is 0 Å². The normalized spacial score (nSPS) is 10.5. The second-order valence-corrected chi connectivity index (χ2v) is 4.10. The first-order valence-electron chi connectivity index (χ1n) is 5.59. The fourth-order valence-corrected chi connectivity index (χ4v) is 1.63. The Balaban J connectivity index is 1.91. The van der Waals surface area contributed by atoms with Gasteiger partial charge in [-0.3, -0.25) is 4.68 Å². The van der Waals surface area contributed by atoms with Gasteiger partial charge in [0.05, 0.1) is 11.4 Å². The van der Waals surface area contributed by atoms with Gasteiger partial charge in [0, 0.05) is 20.0 Å². The Morgan fingerprint density at radius 1 is 1.41 bits per heavy atom. The van der Waals surface area contributed by atoms with Crippen LogP contribution in [-0.4, -0.2) is 21.3 Å². The van der Waals surface area contributed by atoms with Crippen molar-refractivity contribution in [3.8, 4) is 0 Å². The van der Waals surface area contributed by atoms with Crippen LogP contribution < -0.4 is 11.1 Å². The predicted molar refractivity (Wildman–Crippen MR) is 68.8 cm³/mol. The number of nitrogens with two attached hydrogens (primary N) is 1. The van der Waals surface area contributed by atoms with Crippen molar-refractivity contribution >= 4 is 11.4 Å². The number of rotatable bonds is 4. The lowest BCUT2D eigenvalue weighted by Crippen LogP contribution is -2.08. The summed E-state index contributed by atoms with van der Waals surface area (Å²) in [6.07, 6.45) is 2.49. The zero-order valence-corrected chi connectivity index (χ0v) is 10.1. The summed E-state index contributed by atoms with van der Waals surface area (Å²) >= 11 is 0. The summed E-state index contributed by atoms with van der Waals surface area (Å²) in [6.45, 7) is 2.82. The maximum atomic E-state index is 5.88. The van der Waals surface area contributed by atoms with Gasteiger partial charge in [0.2, 0.25) is 0 Å². The molecule has 5 heteroatoms. The molecule has 3 N–H and O–H groups in total. The molecule has 2 aromatic rings. The molecule has 0 radical (unpaired) electrons. The zero-order valence-electron chi connectivity index (χ0n) is 10.1. The summed E-state index contributed by atoms with van der Waals surface area (Å²) in [6, 6.07) is 5.96. The topological polar surface area (TPSA) is 68.8 Å². The Bertz CT molecular complexity index is 503. The first-order chi connectivity index (χ1) is 8.15. The molecule has 1 aromatic heterocycles. The molecule has 0 aliphatic carbocycles. The molecule has 0 saturated carbocycles. The highest BCUT2D eigenvalue weighted by atomic mass is 15.3. The van der Waals surface area contributed by atoms with Crippen LogP contribution in [0.1, 0.15) is 11.4 Å². The number of aromatic nitrogens is 3. The predicted octanol–water partition coefficient (Wildman–Crippen LogP) is 1.36. The fraction of sp³-hybridized carbons (Fsp3) is 0.333. The summed E-state index contributed by atoms with van der Waals surface area (Å²) in [5.41, 5.74) is 8.81. The van der Waals surface area contributed by atoms with Crippen LogP contribution in [0.25, 0.3) is 0 Å². The Labute approximate surface area is 101 Å². The number of hydrogen-bond acceptors (Lipinski definition) is 4. The number of anilines is 2. The smallest absolute Gasteiger partial charge is 0.152 e. The van der Waals surface area contributed by atoms with E-state index < -0.39 is 0 Å². The van der Waals surface area contributed by atoms with Crippen LogP contribution in [0.5, 0.6) is 0 Å². The second kappa shape index (κ2) is 4.86. The SMILES string of the molecule is Cc1ccc(N)c(NCCc2ncn(C)n2)c1. The fourth-order valence-electron chi connectivity index (χ4n) is 1.63. The molecule has 0 aliphatic rings. The van der Waals surface area contributed by atoms with Gasteiger partial charge in [-0.05, 0) is 24.6 Å². The minimum absolute atomic E-state index is 0.768. The van der Waals surface area contributed by atoms with Gasteiger partial charge in [-0.15, -0.1) is 0 Å². The van der Waals surface area contributed by atoms with Crippen molar-refractivity contribution in [1.29, 1.82) is 0 Å². The minimum Gasteiger partial charge on any atom is -0.397 e. The van der Waals surface area contributed by atoms with Crippen molar-refractivity contribution in [3.05, 3.63) is 35.9 Å². The van der Waals surface area contributed by atoms with Gasteiger partial charge in [-0.25, -0.2) is 4.98 Å². The monoisotopic (exact) mass is 231 g/mol. The average molecular weight is 231 g/mol. The van der Waals surface area contributed by atoms with Gasteiger partial charge in [-0.2, -0.15) is 5.10 Å². The van der Waals surface area contributed by atoms with Crippen LogP contribution in [-0.2, 0) is 13.5 Å². The summed E-state index contributed by atoms with van der Waals surface area (Å²) < 4.78 is 1.70. The Morgan fingerprint density at radius 3 is 2.94 bits per heavy atom. The first kappa shape index (κ1) is 11.4. The molecule has 1 heterocycles. The van der Waals surface area contributed by atoms with E-state index >= 15 is 0 Å². The van der Waals surface area contributed by atoms with Gasteiger partial charge in [0.1, 0.15) is 6.33 Å². The van der Waals surface area contributed by atoms with Crippen molar-refractivity contribution in [2.24, 2.45) is 7.05 Å². The molecular weight excluding hydrogens is 214 g/mol. The van der Waals surface area contributed by atoms with Crippen LogP contribution in [0.4, 0.5) is 11.4 Å². The molecule has 0 spiro atoms. The number of benzene rings is 1. The van der Waals surface area contributed by atoms with Crippen LogP contribution in [0, 0.1) is 6.92 Å². The molecule has 5 nitrogen and oxygen atoms in total. The van der Waals surface area contributed by atoms with E-state index in [9.17, 15) is 0 Å². The van der Waals surface area contributed by atoms with Gasteiger partial charge in [0.15, 0.2) is 5.82 Å². The highest BCUT2D eigenvalue weighted by Gasteiger charge is 2.01. The largest absolute Gasteiger partial charge is 0.397 e. The van der Waals surface area contributed by atoms with Gasteiger partial charge in [0.25, 0.3) is 0 Å². The van der Waals surface area contributed by atoms with E-state index in [0.717, 1.165) is 30.2 Å². The van der Waals surface area contributed by atoms with Crippen molar-refractivity contribution in [2.45, 2.75) is 13.3 Å². The lowest BCUT2D eigenvalue weighted by atomic mass is 10.2. The molecule has 0 aliphatic heterocycles. The van der Waals surface area contributed by atoms with Crippen molar-refractivity contribution < 1.29 is 0 Å². The van der Waals surface area contributed by atoms with Crippen molar-refractivity contribution in [2.75, 3.05) is 17.6 Å². The zero-order chi connectivity index (χ0) is 12.3. The summed E-state index contributed by atoms with van der Waals surface area (Å²) in [7, 11) is 1.86. The molecule has 90 valence electrons. The highest BCUT2D eigenvalue weighted by molar-refractivity contribution is 5.66. The lowest BCUT2D eigenvalue weighted by Gasteiger charge is -2.09. The standard InChI is InChI=1S/C12H17N5/c1-9-3-4-10(13)11(7-9)14-6-5-12-15-8-17(2)16-12/h3-4,7-8,14H,5-6,13H2,1-2H3. The van der Waals surface area contributed by atoms with Crippen molar-refractivity contribution in [3.63, 3.8) is 0 Å². The van der Waals surface area contributed by atoms with E-state index in [0.29, 0.717) is 0 Å². The second-order valence-electron chi connectivity index (χ2n) is 4.10. The molecule has 2 rings (SSSR count). The van der Waals surface area contributed by atoms with E-state index in [4.69, 9.17) is 5.73 Å². The number of aryl methyl sites for hydroxylation is 2.